The van der Waals surface area contributed by atoms with Gasteiger partial charge in [-0.15, -0.1) is 0 Å². The maximum absolute atomic E-state index is 13.0. The second-order valence-electron chi connectivity index (χ2n) is 7.15. The SMILES string of the molecule is CCC1NC2NC(C)CC(NC3CCCC(C(F)(F)F)C3)N2N1. The number of halogens is 3. The highest BCUT2D eigenvalue weighted by Crippen LogP contribution is 2.37. The summed E-state index contributed by atoms with van der Waals surface area (Å²) in [6, 6.07) is 0.259. The highest BCUT2D eigenvalue weighted by Gasteiger charge is 2.44. The van der Waals surface area contributed by atoms with Crippen LogP contribution in [0.15, 0.2) is 0 Å². The molecule has 23 heavy (non-hydrogen) atoms. The zero-order chi connectivity index (χ0) is 16.6. The van der Waals surface area contributed by atoms with Crippen molar-refractivity contribution in [1.82, 2.24) is 26.4 Å². The van der Waals surface area contributed by atoms with Gasteiger partial charge in [0.15, 0.2) is 0 Å². The van der Waals surface area contributed by atoms with Gasteiger partial charge in [-0.05, 0) is 39.0 Å². The minimum absolute atomic E-state index is 0.0307. The first-order valence-corrected chi connectivity index (χ1v) is 8.76. The molecule has 4 N–H and O–H groups in total. The van der Waals surface area contributed by atoms with E-state index >= 15 is 0 Å². The molecule has 0 radical (unpaired) electrons. The number of hydrogen-bond acceptors (Lipinski definition) is 5. The number of rotatable bonds is 3. The molecule has 6 unspecified atom stereocenters. The Morgan fingerprint density at radius 3 is 2.65 bits per heavy atom. The zero-order valence-electron chi connectivity index (χ0n) is 13.8. The second kappa shape index (κ2) is 6.84. The predicted molar refractivity (Wildman–Crippen MR) is 81.9 cm³/mol. The molecule has 0 aromatic carbocycles. The molecule has 0 aromatic heterocycles. The van der Waals surface area contributed by atoms with Gasteiger partial charge in [-0.25, -0.2) is 5.43 Å². The van der Waals surface area contributed by atoms with Gasteiger partial charge >= 0.3 is 6.18 Å². The van der Waals surface area contributed by atoms with E-state index in [4.69, 9.17) is 0 Å². The van der Waals surface area contributed by atoms with Gasteiger partial charge in [0.1, 0.15) is 6.29 Å². The summed E-state index contributed by atoms with van der Waals surface area (Å²) in [6.45, 7) is 4.22. The minimum Gasteiger partial charge on any atom is -0.298 e. The first kappa shape index (κ1) is 17.4. The van der Waals surface area contributed by atoms with Crippen LogP contribution in [0.3, 0.4) is 0 Å². The van der Waals surface area contributed by atoms with Gasteiger partial charge in [0.2, 0.25) is 0 Å². The summed E-state index contributed by atoms with van der Waals surface area (Å²) in [5.74, 6) is -1.16. The number of hydrogen-bond donors (Lipinski definition) is 4. The van der Waals surface area contributed by atoms with Crippen molar-refractivity contribution in [3.05, 3.63) is 0 Å². The third-order valence-electron chi connectivity index (χ3n) is 5.27. The second-order valence-corrected chi connectivity index (χ2v) is 7.15. The Bertz CT molecular complexity index is 405. The van der Waals surface area contributed by atoms with Crippen LogP contribution in [0.5, 0.6) is 0 Å². The molecule has 3 fully saturated rings. The molecule has 1 aliphatic carbocycles. The van der Waals surface area contributed by atoms with Gasteiger partial charge in [0.05, 0.1) is 18.2 Å². The van der Waals surface area contributed by atoms with E-state index in [2.05, 4.69) is 40.2 Å². The number of fused-ring (bicyclic) bond motifs is 1. The Hall–Kier alpha value is -0.410. The topological polar surface area (TPSA) is 51.4 Å². The Kier molecular flexibility index (Phi) is 5.18. The Morgan fingerprint density at radius 1 is 1.17 bits per heavy atom. The highest BCUT2D eigenvalue weighted by molar-refractivity contribution is 4.92. The fourth-order valence-corrected chi connectivity index (χ4v) is 4.01. The van der Waals surface area contributed by atoms with Crippen LogP contribution in [0, 0.1) is 5.92 Å². The van der Waals surface area contributed by atoms with E-state index in [1.54, 1.807) is 0 Å². The lowest BCUT2D eigenvalue weighted by Crippen LogP contribution is -2.67. The van der Waals surface area contributed by atoms with Crippen LogP contribution in [-0.2, 0) is 0 Å². The van der Waals surface area contributed by atoms with Crippen LogP contribution in [0.4, 0.5) is 13.2 Å². The van der Waals surface area contributed by atoms with Crippen molar-refractivity contribution in [2.24, 2.45) is 5.92 Å². The smallest absolute Gasteiger partial charge is 0.298 e. The summed E-state index contributed by atoms with van der Waals surface area (Å²) in [5, 5.41) is 12.5. The van der Waals surface area contributed by atoms with E-state index in [0.29, 0.717) is 12.5 Å². The highest BCUT2D eigenvalue weighted by atomic mass is 19.4. The predicted octanol–water partition coefficient (Wildman–Crippen LogP) is 1.83. The van der Waals surface area contributed by atoms with E-state index in [9.17, 15) is 13.2 Å². The summed E-state index contributed by atoms with van der Waals surface area (Å²) in [6.07, 6.45) is -0.00527. The molecule has 6 atom stereocenters. The van der Waals surface area contributed by atoms with Crippen molar-refractivity contribution in [2.75, 3.05) is 0 Å². The van der Waals surface area contributed by atoms with E-state index in [-0.39, 0.29) is 37.5 Å². The van der Waals surface area contributed by atoms with Gasteiger partial charge < -0.3 is 0 Å². The van der Waals surface area contributed by atoms with Crippen LogP contribution in [0.1, 0.15) is 52.4 Å². The molecule has 5 nitrogen and oxygen atoms in total. The molecular weight excluding hydrogens is 307 g/mol. The van der Waals surface area contributed by atoms with E-state index in [0.717, 1.165) is 19.3 Å². The fraction of sp³-hybridized carbons (Fsp3) is 1.00. The van der Waals surface area contributed by atoms with Crippen LogP contribution >= 0.6 is 0 Å². The van der Waals surface area contributed by atoms with Crippen molar-refractivity contribution in [3.63, 3.8) is 0 Å². The average Bonchev–Trinajstić information content (AvgIpc) is 2.90. The third-order valence-corrected chi connectivity index (χ3v) is 5.27. The van der Waals surface area contributed by atoms with Crippen LogP contribution < -0.4 is 21.4 Å². The molecule has 2 heterocycles. The van der Waals surface area contributed by atoms with Gasteiger partial charge in [-0.1, -0.05) is 13.3 Å². The summed E-state index contributed by atoms with van der Waals surface area (Å²) in [7, 11) is 0. The van der Waals surface area contributed by atoms with Crippen LogP contribution in [-0.4, -0.2) is 41.9 Å². The van der Waals surface area contributed by atoms with Gasteiger partial charge in [0.25, 0.3) is 0 Å². The average molecular weight is 335 g/mol. The van der Waals surface area contributed by atoms with Crippen molar-refractivity contribution < 1.29 is 13.2 Å². The third kappa shape index (κ3) is 3.99. The number of nitrogens with one attached hydrogen (secondary N) is 4. The largest absolute Gasteiger partial charge is 0.391 e. The molecule has 0 aromatic rings. The molecule has 2 saturated heterocycles. The molecule has 1 saturated carbocycles. The Balaban J connectivity index is 1.61. The quantitative estimate of drug-likeness (QED) is 0.634. The van der Waals surface area contributed by atoms with Crippen LogP contribution in [0.25, 0.3) is 0 Å². The van der Waals surface area contributed by atoms with Crippen molar-refractivity contribution in [1.29, 1.82) is 0 Å². The molecule has 0 spiro atoms. The van der Waals surface area contributed by atoms with Crippen LogP contribution in [0.2, 0.25) is 0 Å². The lowest BCUT2D eigenvalue weighted by Gasteiger charge is -2.43. The molecule has 0 bridgehead atoms. The lowest BCUT2D eigenvalue weighted by atomic mass is 9.85. The van der Waals surface area contributed by atoms with Crippen molar-refractivity contribution in [3.8, 4) is 0 Å². The number of alkyl halides is 3. The van der Waals surface area contributed by atoms with Crippen molar-refractivity contribution >= 4 is 0 Å². The zero-order valence-corrected chi connectivity index (χ0v) is 13.8. The number of nitrogens with zero attached hydrogens (tertiary/aromatic N) is 1. The Labute approximate surface area is 135 Å². The monoisotopic (exact) mass is 335 g/mol. The summed E-state index contributed by atoms with van der Waals surface area (Å²) in [4.78, 5) is 0. The first-order chi connectivity index (χ1) is 10.9. The standard InChI is InChI=1S/C15H28F3N5/c1-3-12-21-14-19-9(2)7-13(23(14)22-12)20-11-6-4-5-10(8-11)15(16,17)18/h9-14,19-22H,3-8H2,1-2H3. The molecule has 2 aliphatic heterocycles. The summed E-state index contributed by atoms with van der Waals surface area (Å²) in [5.41, 5.74) is 3.42. The molecule has 134 valence electrons. The van der Waals surface area contributed by atoms with E-state index in [1.807, 2.05) is 0 Å². The Morgan fingerprint density at radius 2 is 1.96 bits per heavy atom. The normalized spacial score (nSPS) is 42.7. The van der Waals surface area contributed by atoms with Gasteiger partial charge in [-0.2, -0.15) is 18.2 Å². The molecule has 3 rings (SSSR count). The summed E-state index contributed by atoms with van der Waals surface area (Å²) >= 11 is 0. The maximum Gasteiger partial charge on any atom is 0.391 e. The molecular formula is C15H28F3N5. The molecule has 8 heteroatoms. The van der Waals surface area contributed by atoms with E-state index in [1.165, 1.54) is 0 Å². The summed E-state index contributed by atoms with van der Waals surface area (Å²) < 4.78 is 39.0. The maximum atomic E-state index is 13.0. The van der Waals surface area contributed by atoms with Gasteiger partial charge in [-0.3, -0.25) is 16.0 Å². The number of hydrazine groups is 1. The molecule has 0 amide bonds. The first-order valence-electron chi connectivity index (χ1n) is 8.76. The van der Waals surface area contributed by atoms with E-state index < -0.39 is 12.1 Å². The molecule has 3 aliphatic rings. The van der Waals surface area contributed by atoms with Crippen molar-refractivity contribution in [2.45, 2.75) is 89.3 Å². The minimum atomic E-state index is -4.06. The lowest BCUT2D eigenvalue weighted by molar-refractivity contribution is -0.184. The fourth-order valence-electron chi connectivity index (χ4n) is 4.01. The van der Waals surface area contributed by atoms with Gasteiger partial charge in [0, 0.05) is 12.1 Å².